The molecule has 0 radical (unpaired) electrons. The topological polar surface area (TPSA) is 79.9 Å². The zero-order valence-electron chi connectivity index (χ0n) is 13.3. The zero-order chi connectivity index (χ0) is 17.1. The lowest BCUT2D eigenvalue weighted by molar-refractivity contribution is 0.288. The van der Waals surface area contributed by atoms with Gasteiger partial charge in [-0.2, -0.15) is 0 Å². The summed E-state index contributed by atoms with van der Waals surface area (Å²) < 4.78 is 11.1. The zero-order valence-corrected chi connectivity index (χ0v) is 13.3. The van der Waals surface area contributed by atoms with Crippen LogP contribution in [0.15, 0.2) is 51.7 Å². The van der Waals surface area contributed by atoms with Crippen LogP contribution in [-0.2, 0) is 6.42 Å². The first kappa shape index (κ1) is 16.1. The molecular formula is C19H18O5. The molecule has 0 aliphatic heterocycles. The third-order valence-electron chi connectivity index (χ3n) is 3.93. The van der Waals surface area contributed by atoms with Gasteiger partial charge in [0.05, 0.1) is 18.1 Å². The van der Waals surface area contributed by atoms with Crippen LogP contribution in [0.5, 0.6) is 11.5 Å². The van der Waals surface area contributed by atoms with Gasteiger partial charge >= 0.3 is 0 Å². The number of hydrogen-bond acceptors (Lipinski definition) is 5. The third-order valence-corrected chi connectivity index (χ3v) is 3.93. The van der Waals surface area contributed by atoms with E-state index < -0.39 is 0 Å². The molecule has 3 rings (SSSR count). The molecule has 5 nitrogen and oxygen atoms in total. The summed E-state index contributed by atoms with van der Waals surface area (Å²) in [6.07, 6.45) is 1.02. The molecule has 1 aromatic heterocycles. The standard InChI is InChI=1S/C19H18O5/c1-23-16-7-3-2-6-14(16)17-11-15(21)13-9-8-12(5-4-10-20)18(22)19(13)24-17/h2-3,6-9,11,20,22H,4-5,10H2,1H3. The minimum Gasteiger partial charge on any atom is -0.504 e. The molecule has 0 spiro atoms. The van der Waals surface area contributed by atoms with E-state index in [-0.39, 0.29) is 23.4 Å². The maximum absolute atomic E-state index is 12.4. The van der Waals surface area contributed by atoms with Crippen molar-refractivity contribution < 1.29 is 19.4 Å². The number of fused-ring (bicyclic) bond motifs is 1. The Hall–Kier alpha value is -2.79. The summed E-state index contributed by atoms with van der Waals surface area (Å²) in [7, 11) is 1.54. The molecule has 0 saturated heterocycles. The first-order valence-electron chi connectivity index (χ1n) is 7.68. The summed E-state index contributed by atoms with van der Waals surface area (Å²) in [6.45, 7) is 0.0304. The first-order chi connectivity index (χ1) is 11.7. The minimum atomic E-state index is -0.235. The van der Waals surface area contributed by atoms with Gasteiger partial charge in [0.25, 0.3) is 0 Å². The normalized spacial score (nSPS) is 10.9. The van der Waals surface area contributed by atoms with Gasteiger partial charge < -0.3 is 19.4 Å². The van der Waals surface area contributed by atoms with Gasteiger partial charge in [0.15, 0.2) is 16.8 Å². The van der Waals surface area contributed by atoms with Crippen molar-refractivity contribution >= 4 is 11.0 Å². The van der Waals surface area contributed by atoms with Crippen molar-refractivity contribution in [2.24, 2.45) is 0 Å². The smallest absolute Gasteiger partial charge is 0.193 e. The van der Waals surface area contributed by atoms with Crippen molar-refractivity contribution in [1.82, 2.24) is 0 Å². The molecule has 1 heterocycles. The maximum Gasteiger partial charge on any atom is 0.193 e. The molecule has 0 bridgehead atoms. The highest BCUT2D eigenvalue weighted by Crippen LogP contribution is 2.34. The summed E-state index contributed by atoms with van der Waals surface area (Å²) in [5.74, 6) is 0.852. The largest absolute Gasteiger partial charge is 0.504 e. The molecule has 0 aliphatic rings. The molecule has 124 valence electrons. The highest BCUT2D eigenvalue weighted by molar-refractivity contribution is 5.85. The molecule has 2 aromatic carbocycles. The van der Waals surface area contributed by atoms with Crippen LogP contribution in [0.4, 0.5) is 0 Å². The van der Waals surface area contributed by atoms with Crippen molar-refractivity contribution in [1.29, 1.82) is 0 Å². The first-order valence-corrected chi connectivity index (χ1v) is 7.68. The van der Waals surface area contributed by atoms with Crippen molar-refractivity contribution in [3.63, 3.8) is 0 Å². The average molecular weight is 326 g/mol. The second-order valence-corrected chi connectivity index (χ2v) is 5.45. The van der Waals surface area contributed by atoms with Gasteiger partial charge in [-0.15, -0.1) is 0 Å². The SMILES string of the molecule is COc1ccccc1-c1cc(=O)c2ccc(CCCO)c(O)c2o1. The molecular weight excluding hydrogens is 308 g/mol. The van der Waals surface area contributed by atoms with E-state index in [4.69, 9.17) is 14.3 Å². The predicted molar refractivity (Wildman–Crippen MR) is 91.5 cm³/mol. The van der Waals surface area contributed by atoms with E-state index >= 15 is 0 Å². The molecule has 2 N–H and O–H groups in total. The van der Waals surface area contributed by atoms with Crippen LogP contribution in [0, 0.1) is 0 Å². The highest BCUT2D eigenvalue weighted by Gasteiger charge is 2.15. The number of aryl methyl sites for hydroxylation is 1. The monoisotopic (exact) mass is 326 g/mol. The number of aliphatic hydroxyl groups excluding tert-OH is 1. The van der Waals surface area contributed by atoms with Gasteiger partial charge in [0.2, 0.25) is 0 Å². The lowest BCUT2D eigenvalue weighted by atomic mass is 10.0. The number of aliphatic hydroxyl groups is 1. The fourth-order valence-corrected chi connectivity index (χ4v) is 2.70. The van der Waals surface area contributed by atoms with Crippen molar-refractivity contribution in [2.75, 3.05) is 13.7 Å². The third kappa shape index (κ3) is 2.86. The quantitative estimate of drug-likeness (QED) is 0.753. The van der Waals surface area contributed by atoms with Crippen LogP contribution < -0.4 is 10.2 Å². The predicted octanol–water partition coefficient (Wildman–Crippen LogP) is 3.10. The number of benzene rings is 2. The summed E-state index contributed by atoms with van der Waals surface area (Å²) >= 11 is 0. The number of hydrogen-bond donors (Lipinski definition) is 2. The van der Waals surface area contributed by atoms with E-state index in [0.29, 0.717) is 40.9 Å². The van der Waals surface area contributed by atoms with Crippen LogP contribution in [0.1, 0.15) is 12.0 Å². The Bertz CT molecular complexity index is 927. The van der Waals surface area contributed by atoms with Crippen molar-refractivity contribution in [3.05, 3.63) is 58.3 Å². The highest BCUT2D eigenvalue weighted by atomic mass is 16.5. The molecule has 24 heavy (non-hydrogen) atoms. The van der Waals surface area contributed by atoms with Crippen LogP contribution in [-0.4, -0.2) is 23.9 Å². The number of aromatic hydroxyl groups is 1. The Labute approximate surface area is 138 Å². The van der Waals surface area contributed by atoms with E-state index in [9.17, 15) is 9.90 Å². The fourth-order valence-electron chi connectivity index (χ4n) is 2.70. The Balaban J connectivity index is 2.21. The summed E-state index contributed by atoms with van der Waals surface area (Å²) in [6, 6.07) is 11.9. The van der Waals surface area contributed by atoms with Gasteiger partial charge in [-0.05, 0) is 36.6 Å². The van der Waals surface area contributed by atoms with Gasteiger partial charge in [0, 0.05) is 12.7 Å². The summed E-state index contributed by atoms with van der Waals surface area (Å²) in [4.78, 5) is 12.4. The van der Waals surface area contributed by atoms with E-state index in [1.165, 1.54) is 6.07 Å². The van der Waals surface area contributed by atoms with Gasteiger partial charge in [-0.3, -0.25) is 4.79 Å². The molecule has 0 unspecified atom stereocenters. The van der Waals surface area contributed by atoms with E-state index in [1.807, 2.05) is 12.1 Å². The summed E-state index contributed by atoms with van der Waals surface area (Å²) in [5, 5.41) is 19.7. The van der Waals surface area contributed by atoms with Gasteiger partial charge in [0.1, 0.15) is 11.5 Å². The molecule has 0 atom stereocenters. The molecule has 0 saturated carbocycles. The Morgan fingerprint density at radius 1 is 1.17 bits per heavy atom. The molecule has 5 heteroatoms. The maximum atomic E-state index is 12.4. The minimum absolute atomic E-state index is 0.0304. The number of para-hydroxylation sites is 1. The van der Waals surface area contributed by atoms with Crippen LogP contribution >= 0.6 is 0 Å². The average Bonchev–Trinajstić information content (AvgIpc) is 2.61. The summed E-state index contributed by atoms with van der Waals surface area (Å²) in [5.41, 5.74) is 1.19. The van der Waals surface area contributed by atoms with Crippen LogP contribution in [0.3, 0.4) is 0 Å². The Kier molecular flexibility index (Phi) is 4.53. The van der Waals surface area contributed by atoms with Gasteiger partial charge in [-0.1, -0.05) is 18.2 Å². The second kappa shape index (κ2) is 6.76. The van der Waals surface area contributed by atoms with Crippen molar-refractivity contribution in [2.45, 2.75) is 12.8 Å². The van der Waals surface area contributed by atoms with E-state index in [1.54, 1.807) is 31.4 Å². The van der Waals surface area contributed by atoms with Gasteiger partial charge in [-0.25, -0.2) is 0 Å². The van der Waals surface area contributed by atoms with Crippen LogP contribution in [0.25, 0.3) is 22.3 Å². The number of rotatable bonds is 5. The molecule has 0 fully saturated rings. The number of phenolic OH excluding ortho intramolecular Hbond substituents is 1. The molecule has 0 amide bonds. The Morgan fingerprint density at radius 2 is 1.96 bits per heavy atom. The lowest BCUT2D eigenvalue weighted by Gasteiger charge is -2.10. The number of ether oxygens (including phenoxy) is 1. The second-order valence-electron chi connectivity index (χ2n) is 5.45. The van der Waals surface area contributed by atoms with E-state index in [2.05, 4.69) is 0 Å². The lowest BCUT2D eigenvalue weighted by Crippen LogP contribution is -2.02. The van der Waals surface area contributed by atoms with Crippen LogP contribution in [0.2, 0.25) is 0 Å². The van der Waals surface area contributed by atoms with Crippen molar-refractivity contribution in [3.8, 4) is 22.8 Å². The fraction of sp³-hybridized carbons (Fsp3) is 0.211. The van der Waals surface area contributed by atoms with E-state index in [0.717, 1.165) is 0 Å². The molecule has 3 aromatic rings. The molecule has 0 aliphatic carbocycles. The number of phenols is 1. The Morgan fingerprint density at radius 3 is 2.71 bits per heavy atom. The number of methoxy groups -OCH3 is 1.